The largest absolute Gasteiger partial charge is 0.490 e. The number of nitrogens with zero attached hydrogens (tertiary/aromatic N) is 2. The first-order chi connectivity index (χ1) is 13.3. The van der Waals surface area contributed by atoms with Crippen LogP contribution < -0.4 is 10.1 Å². The van der Waals surface area contributed by atoms with Gasteiger partial charge < -0.3 is 24.4 Å². The van der Waals surface area contributed by atoms with E-state index in [-0.39, 0.29) is 0 Å². The van der Waals surface area contributed by atoms with E-state index in [2.05, 4.69) is 33.4 Å². The molecular formula is C21H33N3O3. The predicted octanol–water partition coefficient (Wildman–Crippen LogP) is 2.68. The van der Waals surface area contributed by atoms with Crippen molar-refractivity contribution in [2.24, 2.45) is 10.9 Å². The summed E-state index contributed by atoms with van der Waals surface area (Å²) in [6, 6.07) is 8.31. The van der Waals surface area contributed by atoms with E-state index in [1.54, 1.807) is 7.11 Å². The molecule has 1 aromatic carbocycles. The molecule has 150 valence electrons. The molecule has 1 aliphatic heterocycles. The number of guanidine groups is 1. The highest BCUT2D eigenvalue weighted by Crippen LogP contribution is 2.27. The molecule has 1 unspecified atom stereocenters. The van der Waals surface area contributed by atoms with Crippen molar-refractivity contribution in [2.75, 3.05) is 47.1 Å². The summed E-state index contributed by atoms with van der Waals surface area (Å²) < 4.78 is 16.8. The van der Waals surface area contributed by atoms with E-state index < -0.39 is 0 Å². The van der Waals surface area contributed by atoms with Crippen molar-refractivity contribution in [1.29, 1.82) is 0 Å². The summed E-state index contributed by atoms with van der Waals surface area (Å²) in [6.07, 6.45) is 5.15. The van der Waals surface area contributed by atoms with E-state index in [0.29, 0.717) is 25.2 Å². The Morgan fingerprint density at radius 3 is 2.81 bits per heavy atom. The Bertz CT molecular complexity index is 604. The van der Waals surface area contributed by atoms with Crippen molar-refractivity contribution in [3.8, 4) is 5.75 Å². The van der Waals surface area contributed by atoms with Crippen LogP contribution in [-0.4, -0.2) is 64.0 Å². The number of rotatable bonds is 9. The lowest BCUT2D eigenvalue weighted by Crippen LogP contribution is -2.40. The van der Waals surface area contributed by atoms with Crippen LogP contribution in [0.4, 0.5) is 0 Å². The van der Waals surface area contributed by atoms with E-state index in [1.807, 2.05) is 13.1 Å². The molecule has 1 heterocycles. The molecule has 0 aromatic heterocycles. The molecule has 2 fully saturated rings. The van der Waals surface area contributed by atoms with Gasteiger partial charge in [-0.2, -0.15) is 0 Å². The quantitative estimate of drug-likeness (QED) is 0.409. The maximum Gasteiger partial charge on any atom is 0.193 e. The number of aliphatic imine (C=N–C) groups is 1. The first-order valence-corrected chi connectivity index (χ1v) is 10.1. The summed E-state index contributed by atoms with van der Waals surface area (Å²) >= 11 is 0. The first kappa shape index (κ1) is 20.0. The number of methoxy groups -OCH3 is 1. The minimum Gasteiger partial charge on any atom is -0.490 e. The fourth-order valence-electron chi connectivity index (χ4n) is 3.49. The summed E-state index contributed by atoms with van der Waals surface area (Å²) in [5.41, 5.74) is 1.18. The van der Waals surface area contributed by atoms with Gasteiger partial charge in [0.25, 0.3) is 0 Å². The summed E-state index contributed by atoms with van der Waals surface area (Å²) in [5.74, 6) is 2.50. The van der Waals surface area contributed by atoms with Gasteiger partial charge in [0.1, 0.15) is 5.75 Å². The molecular weight excluding hydrogens is 342 g/mol. The van der Waals surface area contributed by atoms with Crippen LogP contribution in [0.5, 0.6) is 5.75 Å². The number of para-hydroxylation sites is 1. The molecule has 1 aromatic rings. The first-order valence-electron chi connectivity index (χ1n) is 10.1. The van der Waals surface area contributed by atoms with Crippen molar-refractivity contribution in [3.05, 3.63) is 29.8 Å². The van der Waals surface area contributed by atoms with Crippen molar-refractivity contribution >= 4 is 5.96 Å². The minimum atomic E-state index is 0.392. The van der Waals surface area contributed by atoms with Crippen LogP contribution in [0, 0.1) is 5.92 Å². The maximum atomic E-state index is 6.13. The van der Waals surface area contributed by atoms with Crippen LogP contribution in [0.1, 0.15) is 31.2 Å². The molecule has 1 atom stereocenters. The average molecular weight is 376 g/mol. The number of benzene rings is 1. The number of likely N-dealkylation sites (tertiary alicyclic amines) is 1. The number of hydrogen-bond donors (Lipinski definition) is 1. The van der Waals surface area contributed by atoms with Gasteiger partial charge in [-0.3, -0.25) is 4.99 Å². The lowest BCUT2D eigenvalue weighted by Gasteiger charge is -2.28. The summed E-state index contributed by atoms with van der Waals surface area (Å²) in [5, 5.41) is 3.51. The Morgan fingerprint density at radius 1 is 1.22 bits per heavy atom. The van der Waals surface area contributed by atoms with E-state index >= 15 is 0 Å². The number of ether oxygens (including phenoxy) is 3. The average Bonchev–Trinajstić information content (AvgIpc) is 3.12. The van der Waals surface area contributed by atoms with Crippen LogP contribution in [0.15, 0.2) is 29.3 Å². The van der Waals surface area contributed by atoms with Gasteiger partial charge in [0, 0.05) is 45.3 Å². The van der Waals surface area contributed by atoms with E-state index in [1.165, 1.54) is 24.8 Å². The van der Waals surface area contributed by atoms with Gasteiger partial charge in [-0.1, -0.05) is 18.2 Å². The summed E-state index contributed by atoms with van der Waals surface area (Å²) in [7, 11) is 3.55. The Balaban J connectivity index is 1.47. The molecule has 1 saturated carbocycles. The fraction of sp³-hybridized carbons (Fsp3) is 0.667. The van der Waals surface area contributed by atoms with Crippen LogP contribution in [0.3, 0.4) is 0 Å². The third-order valence-electron chi connectivity index (χ3n) is 5.34. The molecule has 2 aliphatic rings. The van der Waals surface area contributed by atoms with Crippen LogP contribution in [0.2, 0.25) is 0 Å². The minimum absolute atomic E-state index is 0.392. The standard InChI is InChI=1S/C21H33N3O3/c1-22-21(24-11-10-17(15-24)16-26-13-12-25-2)23-14-18-6-3-4-9-20(18)27-19-7-5-8-19/h3-4,6,9,17,19H,5,7-8,10-16H2,1-2H3,(H,22,23). The summed E-state index contributed by atoms with van der Waals surface area (Å²) in [6.45, 7) is 4.82. The van der Waals surface area contributed by atoms with Crippen molar-refractivity contribution < 1.29 is 14.2 Å². The molecule has 3 rings (SSSR count). The van der Waals surface area contributed by atoms with Gasteiger partial charge in [0.2, 0.25) is 0 Å². The van der Waals surface area contributed by atoms with Gasteiger partial charge in [-0.05, 0) is 31.7 Å². The molecule has 27 heavy (non-hydrogen) atoms. The van der Waals surface area contributed by atoms with Crippen molar-refractivity contribution in [2.45, 2.75) is 38.3 Å². The number of hydrogen-bond acceptors (Lipinski definition) is 4. The summed E-state index contributed by atoms with van der Waals surface area (Å²) in [4.78, 5) is 6.80. The Labute approximate surface area is 162 Å². The second-order valence-electron chi connectivity index (χ2n) is 7.35. The monoisotopic (exact) mass is 375 g/mol. The smallest absolute Gasteiger partial charge is 0.193 e. The van der Waals surface area contributed by atoms with Gasteiger partial charge in [0.15, 0.2) is 5.96 Å². The maximum absolute atomic E-state index is 6.13. The molecule has 1 aliphatic carbocycles. The molecule has 1 saturated heterocycles. The SMILES string of the molecule is CN=C(NCc1ccccc1OC1CCC1)N1CCC(COCCOC)C1. The van der Waals surface area contributed by atoms with E-state index in [4.69, 9.17) is 14.2 Å². The Morgan fingerprint density at radius 2 is 2.07 bits per heavy atom. The van der Waals surface area contributed by atoms with Gasteiger partial charge in [0.05, 0.1) is 25.9 Å². The molecule has 1 N–H and O–H groups in total. The van der Waals surface area contributed by atoms with Crippen LogP contribution in [0.25, 0.3) is 0 Å². The zero-order valence-electron chi connectivity index (χ0n) is 16.7. The second kappa shape index (κ2) is 10.5. The second-order valence-corrected chi connectivity index (χ2v) is 7.35. The predicted molar refractivity (Wildman–Crippen MR) is 107 cm³/mol. The van der Waals surface area contributed by atoms with Gasteiger partial charge >= 0.3 is 0 Å². The lowest BCUT2D eigenvalue weighted by molar-refractivity contribution is 0.0536. The Hall–Kier alpha value is -1.79. The van der Waals surface area contributed by atoms with E-state index in [0.717, 1.165) is 44.4 Å². The molecule has 6 nitrogen and oxygen atoms in total. The van der Waals surface area contributed by atoms with Gasteiger partial charge in [-0.15, -0.1) is 0 Å². The molecule has 0 spiro atoms. The van der Waals surface area contributed by atoms with Gasteiger partial charge in [-0.25, -0.2) is 0 Å². The number of nitrogens with one attached hydrogen (secondary N) is 1. The molecule has 6 heteroatoms. The topological polar surface area (TPSA) is 55.3 Å². The highest BCUT2D eigenvalue weighted by molar-refractivity contribution is 5.80. The molecule has 0 amide bonds. The van der Waals surface area contributed by atoms with Crippen molar-refractivity contribution in [3.63, 3.8) is 0 Å². The van der Waals surface area contributed by atoms with Crippen LogP contribution >= 0.6 is 0 Å². The normalized spacial score (nSPS) is 20.6. The highest BCUT2D eigenvalue weighted by atomic mass is 16.5. The van der Waals surface area contributed by atoms with Crippen molar-refractivity contribution in [1.82, 2.24) is 10.2 Å². The fourth-order valence-corrected chi connectivity index (χ4v) is 3.49. The highest BCUT2D eigenvalue weighted by Gasteiger charge is 2.25. The lowest BCUT2D eigenvalue weighted by atomic mass is 9.96. The third-order valence-corrected chi connectivity index (χ3v) is 5.34. The molecule has 0 radical (unpaired) electrons. The third kappa shape index (κ3) is 5.84. The zero-order valence-corrected chi connectivity index (χ0v) is 16.7. The molecule has 0 bridgehead atoms. The Kier molecular flexibility index (Phi) is 7.78. The van der Waals surface area contributed by atoms with E-state index in [9.17, 15) is 0 Å². The zero-order chi connectivity index (χ0) is 18.9. The van der Waals surface area contributed by atoms with Crippen LogP contribution in [-0.2, 0) is 16.0 Å².